The highest BCUT2D eigenvalue weighted by atomic mass is 16.2. The van der Waals surface area contributed by atoms with Gasteiger partial charge in [-0.3, -0.25) is 14.4 Å². The highest BCUT2D eigenvalue weighted by Crippen LogP contribution is 2.22. The summed E-state index contributed by atoms with van der Waals surface area (Å²) in [5, 5.41) is 2.87. The van der Waals surface area contributed by atoms with Gasteiger partial charge in [0.25, 0.3) is 0 Å². The predicted molar refractivity (Wildman–Crippen MR) is 89.2 cm³/mol. The number of hydrogen-bond donors (Lipinski definition) is 1. The third-order valence-electron chi connectivity index (χ3n) is 4.24. The summed E-state index contributed by atoms with van der Waals surface area (Å²) in [7, 11) is 0. The van der Waals surface area contributed by atoms with Gasteiger partial charge in [-0.1, -0.05) is 26.0 Å². The molecule has 0 saturated carbocycles. The first kappa shape index (κ1) is 17.2. The van der Waals surface area contributed by atoms with Crippen molar-refractivity contribution in [2.24, 2.45) is 11.8 Å². The van der Waals surface area contributed by atoms with Crippen LogP contribution in [0.2, 0.25) is 0 Å². The minimum absolute atomic E-state index is 0.0113. The van der Waals surface area contributed by atoms with Crippen molar-refractivity contribution in [3.8, 4) is 0 Å². The van der Waals surface area contributed by atoms with Crippen LogP contribution >= 0.6 is 0 Å². The van der Waals surface area contributed by atoms with Gasteiger partial charge in [0.2, 0.25) is 11.8 Å². The number of amides is 2. The zero-order valence-corrected chi connectivity index (χ0v) is 14.0. The molecule has 1 aromatic rings. The second kappa shape index (κ2) is 7.40. The van der Waals surface area contributed by atoms with E-state index < -0.39 is 0 Å². The van der Waals surface area contributed by atoms with E-state index in [1.807, 2.05) is 18.7 Å². The van der Waals surface area contributed by atoms with Crippen LogP contribution in [0, 0.1) is 11.8 Å². The Kier molecular flexibility index (Phi) is 5.53. The molecule has 1 N–H and O–H groups in total. The Balaban J connectivity index is 1.96. The van der Waals surface area contributed by atoms with E-state index in [1.54, 1.807) is 24.3 Å². The van der Waals surface area contributed by atoms with Crippen molar-refractivity contribution >= 4 is 23.3 Å². The lowest BCUT2D eigenvalue weighted by molar-refractivity contribution is -0.137. The summed E-state index contributed by atoms with van der Waals surface area (Å²) in [6.45, 7) is 6.49. The number of piperidine rings is 1. The van der Waals surface area contributed by atoms with Gasteiger partial charge in [-0.2, -0.15) is 0 Å². The Labute approximate surface area is 137 Å². The molecular formula is C18H24N2O3. The fourth-order valence-electron chi connectivity index (χ4n) is 2.86. The van der Waals surface area contributed by atoms with Crippen molar-refractivity contribution < 1.29 is 14.4 Å². The highest BCUT2D eigenvalue weighted by Gasteiger charge is 2.28. The highest BCUT2D eigenvalue weighted by molar-refractivity contribution is 6.04. The third-order valence-corrected chi connectivity index (χ3v) is 4.24. The van der Waals surface area contributed by atoms with Crippen LogP contribution in [0.3, 0.4) is 0 Å². The second-order valence-corrected chi connectivity index (χ2v) is 6.35. The van der Waals surface area contributed by atoms with E-state index >= 15 is 0 Å². The first-order valence-corrected chi connectivity index (χ1v) is 8.09. The third kappa shape index (κ3) is 4.18. The molecule has 23 heavy (non-hydrogen) atoms. The summed E-state index contributed by atoms with van der Waals surface area (Å²) in [5.41, 5.74) is 1.08. The maximum Gasteiger partial charge on any atom is 0.227 e. The number of nitrogens with zero attached hydrogens (tertiary/aromatic N) is 1. The topological polar surface area (TPSA) is 66.5 Å². The minimum Gasteiger partial charge on any atom is -0.342 e. The number of ketones is 1. The number of nitrogens with one attached hydrogen (secondary N) is 1. The molecule has 1 aromatic carbocycles. The molecule has 1 heterocycles. The summed E-state index contributed by atoms with van der Waals surface area (Å²) in [5.74, 6) is -0.131. The molecule has 124 valence electrons. The number of Topliss-reactive ketones (excluding diaryl/α,β-unsaturated/α-hetero) is 1. The smallest absolute Gasteiger partial charge is 0.227 e. The Hall–Kier alpha value is -2.17. The summed E-state index contributed by atoms with van der Waals surface area (Å²) < 4.78 is 0. The Morgan fingerprint density at radius 2 is 1.74 bits per heavy atom. The number of hydrogen-bond acceptors (Lipinski definition) is 3. The zero-order chi connectivity index (χ0) is 17.0. The molecule has 5 heteroatoms. The first-order chi connectivity index (χ1) is 10.9. The van der Waals surface area contributed by atoms with Gasteiger partial charge in [0.1, 0.15) is 0 Å². The minimum atomic E-state index is -0.119. The average Bonchev–Trinajstić information content (AvgIpc) is 2.54. The number of para-hydroxylation sites is 1. The van der Waals surface area contributed by atoms with Gasteiger partial charge in [0.05, 0.1) is 5.69 Å². The van der Waals surface area contributed by atoms with Crippen LogP contribution in [0.15, 0.2) is 24.3 Å². The molecule has 0 atom stereocenters. The van der Waals surface area contributed by atoms with Crippen LogP contribution in [0.5, 0.6) is 0 Å². The summed E-state index contributed by atoms with van der Waals surface area (Å²) in [6, 6.07) is 7.03. The van der Waals surface area contributed by atoms with Crippen LogP contribution in [0.25, 0.3) is 0 Å². The SMILES string of the molecule is CC(=O)c1ccccc1NC(=O)C1CCN(C(=O)C(C)C)CC1. The molecule has 0 radical (unpaired) electrons. The van der Waals surface area contributed by atoms with Gasteiger partial charge in [0, 0.05) is 30.5 Å². The summed E-state index contributed by atoms with van der Waals surface area (Å²) in [4.78, 5) is 37.8. The molecule has 1 aliphatic rings. The van der Waals surface area contributed by atoms with Gasteiger partial charge in [0.15, 0.2) is 5.78 Å². The molecule has 1 saturated heterocycles. The fraction of sp³-hybridized carbons (Fsp3) is 0.500. The van der Waals surface area contributed by atoms with Gasteiger partial charge in [-0.15, -0.1) is 0 Å². The maximum absolute atomic E-state index is 12.4. The van der Waals surface area contributed by atoms with Gasteiger partial charge in [-0.05, 0) is 31.9 Å². The van der Waals surface area contributed by atoms with Gasteiger partial charge >= 0.3 is 0 Å². The normalized spacial score (nSPS) is 15.6. The van der Waals surface area contributed by atoms with Crippen molar-refractivity contribution in [2.75, 3.05) is 18.4 Å². The molecule has 5 nitrogen and oxygen atoms in total. The number of anilines is 1. The summed E-state index contributed by atoms with van der Waals surface area (Å²) in [6.07, 6.45) is 1.32. The molecule has 0 aliphatic carbocycles. The molecule has 2 amide bonds. The van der Waals surface area contributed by atoms with E-state index in [-0.39, 0.29) is 29.4 Å². The predicted octanol–water partition coefficient (Wildman–Crippen LogP) is 2.72. The standard InChI is InChI=1S/C18H24N2O3/c1-12(2)18(23)20-10-8-14(9-11-20)17(22)19-16-7-5-4-6-15(16)13(3)21/h4-7,12,14H,8-11H2,1-3H3,(H,19,22). The molecule has 0 spiro atoms. The lowest BCUT2D eigenvalue weighted by Gasteiger charge is -2.32. The average molecular weight is 316 g/mol. The van der Waals surface area contributed by atoms with Crippen LogP contribution < -0.4 is 5.32 Å². The van der Waals surface area contributed by atoms with E-state index in [0.717, 1.165) is 0 Å². The quantitative estimate of drug-likeness (QED) is 0.869. The van der Waals surface area contributed by atoms with Gasteiger partial charge in [-0.25, -0.2) is 0 Å². The number of carbonyl (C=O) groups excluding carboxylic acids is 3. The van der Waals surface area contributed by atoms with Crippen molar-refractivity contribution in [1.29, 1.82) is 0 Å². The maximum atomic E-state index is 12.4. The van der Waals surface area contributed by atoms with Crippen LogP contribution in [0.1, 0.15) is 44.0 Å². The molecule has 1 fully saturated rings. The lowest BCUT2D eigenvalue weighted by Crippen LogP contribution is -2.43. The lowest BCUT2D eigenvalue weighted by atomic mass is 9.94. The van der Waals surface area contributed by atoms with Crippen molar-refractivity contribution in [2.45, 2.75) is 33.6 Å². The molecule has 0 aromatic heterocycles. The van der Waals surface area contributed by atoms with Crippen molar-refractivity contribution in [3.05, 3.63) is 29.8 Å². The molecule has 0 bridgehead atoms. The Morgan fingerprint density at radius 3 is 2.30 bits per heavy atom. The van der Waals surface area contributed by atoms with Gasteiger partial charge < -0.3 is 10.2 Å². The van der Waals surface area contributed by atoms with E-state index in [9.17, 15) is 14.4 Å². The Bertz CT molecular complexity index is 602. The zero-order valence-electron chi connectivity index (χ0n) is 14.0. The molecule has 2 rings (SSSR count). The van der Waals surface area contributed by atoms with E-state index in [2.05, 4.69) is 5.32 Å². The van der Waals surface area contributed by atoms with Crippen LogP contribution in [-0.4, -0.2) is 35.6 Å². The van der Waals surface area contributed by atoms with Crippen LogP contribution in [-0.2, 0) is 9.59 Å². The van der Waals surface area contributed by atoms with Crippen molar-refractivity contribution in [1.82, 2.24) is 4.90 Å². The molecular weight excluding hydrogens is 292 g/mol. The van der Waals surface area contributed by atoms with Crippen LogP contribution in [0.4, 0.5) is 5.69 Å². The Morgan fingerprint density at radius 1 is 1.13 bits per heavy atom. The fourth-order valence-corrected chi connectivity index (χ4v) is 2.86. The number of benzene rings is 1. The second-order valence-electron chi connectivity index (χ2n) is 6.35. The largest absolute Gasteiger partial charge is 0.342 e. The van der Waals surface area contributed by atoms with Crippen molar-refractivity contribution in [3.63, 3.8) is 0 Å². The molecule has 0 unspecified atom stereocenters. The number of likely N-dealkylation sites (tertiary alicyclic amines) is 1. The molecule has 1 aliphatic heterocycles. The van der Waals surface area contributed by atoms with E-state index in [0.29, 0.717) is 37.2 Å². The monoisotopic (exact) mass is 316 g/mol. The number of rotatable bonds is 4. The van der Waals surface area contributed by atoms with E-state index in [1.165, 1.54) is 6.92 Å². The number of carbonyl (C=O) groups is 3. The van der Waals surface area contributed by atoms with E-state index in [4.69, 9.17) is 0 Å². The summed E-state index contributed by atoms with van der Waals surface area (Å²) >= 11 is 0. The first-order valence-electron chi connectivity index (χ1n) is 8.09.